The number of hydrazine groups is 1. The van der Waals surface area contributed by atoms with Gasteiger partial charge in [-0.1, -0.05) is 100 Å². The molecule has 0 fully saturated rings. The number of carbonyl (C=O) groups is 6. The fourth-order valence-electron chi connectivity index (χ4n) is 10.7. The van der Waals surface area contributed by atoms with Gasteiger partial charge in [0.1, 0.15) is 57.8 Å². The number of phenols is 1. The van der Waals surface area contributed by atoms with Gasteiger partial charge in [0.05, 0.1) is 148 Å². The van der Waals surface area contributed by atoms with Gasteiger partial charge in [-0.05, 0) is 138 Å². The topological polar surface area (TPSA) is 489 Å². The quantitative estimate of drug-likeness (QED) is 0.00464. The van der Waals surface area contributed by atoms with Crippen LogP contribution in [0.1, 0.15) is 113 Å². The van der Waals surface area contributed by atoms with Crippen molar-refractivity contribution in [3.8, 4) is 34.5 Å². The van der Waals surface area contributed by atoms with Crippen LogP contribution in [0.3, 0.4) is 0 Å². The van der Waals surface area contributed by atoms with Crippen molar-refractivity contribution in [1.29, 1.82) is 5.41 Å². The van der Waals surface area contributed by atoms with Gasteiger partial charge in [-0.25, -0.2) is 27.2 Å². The summed E-state index contributed by atoms with van der Waals surface area (Å²) in [6, 6.07) is 32.8. The minimum Gasteiger partial charge on any atom is -0.870 e. The van der Waals surface area contributed by atoms with Crippen molar-refractivity contribution in [2.75, 3.05) is 60.0 Å². The average Bonchev–Trinajstić information content (AvgIpc) is 1.67. The standard InChI is InChI=1S/C19H19N5O2.C11H12N2O3.C10H10N2O3.C9H8BrFO2.C9H9BrN2O.C9H13N3.C7H3BrF2O.C7H4BrFO2.K.H4N2.H2O/c1-3-26-17-8-14(7-16-15(17)10-21-22-16)19(25)24(2)11-13-6-4-5-12-9-20-23-18(12)13;1-3-16-10-5-7(11(14)15-2)4-9-8(10)6-12-13-9;1-2-15-9-4-6(10(13)14)3-8-7(9)5-11-12-8;1-2-13-9-4-6(10)3-8(11)7(9)5-12;1-2-13-9-4-6(10)3-8-7(9)5-11-12-8;1-12-6-8-4-2-3-7(5-10)9(8)11;8-4-1-6(9)5(3-11)7(10)2-4;8-4-1-6(9)5(3-10)7(11)2-4;;1-2;/h4-10H,3,11H2,1-2H3,(H,20,23)(H,21,22);4-6H,3H2,1-2H3,(H,12,13);3-5H,2H2,1H3,(H,11,12)(H,13,14);3-5H,2H2,1H3;3-5H,2H2,1H3,(H,11,12);2-5,10,12H,6,11H2,1H3;1-3H;1-3,11H;;1-2H2;1H2/q;;;;;;;;+1;;/p-1. The first-order valence-electron chi connectivity index (χ1n) is 35.4. The van der Waals surface area contributed by atoms with Crippen LogP contribution in [0.4, 0.5) is 23.2 Å². The summed E-state index contributed by atoms with van der Waals surface area (Å²) in [5.41, 5.74) is 13.8. The minimum atomic E-state index is -0.979. The summed E-state index contributed by atoms with van der Waals surface area (Å²) in [7, 11) is 5.01. The Morgan fingerprint density at radius 1 is 0.521 bits per heavy atom. The van der Waals surface area contributed by atoms with E-state index in [0.717, 1.165) is 101 Å². The number of rotatable bonds is 21. The van der Waals surface area contributed by atoms with Crippen molar-refractivity contribution >= 4 is 167 Å². The SMILES string of the molecule is CCOc1cc(Br)cc(F)c1C=O.CCOc1cc(Br)cc2[nH]ncc12.CCOc1cc(C(=O)N(C)Cc2cccc3cn[nH]c23)cc2[nH]ncc12.CCOc1cc(C(=O)O)cc2[nH]ncc12.CCOc1cc(C(=O)OC)cc2[nH]ncc12.CNCc1cccc(C=N)c1N.NN.O=Cc1c(F)cc(Br)cc1F.O=Cc1c(O)cc(Br)cc1F.[K+].[OH-]. The number of aromatic nitrogens is 10. The Labute approximate surface area is 765 Å². The molecular weight excluding hydrogens is 1870 g/mol. The van der Waals surface area contributed by atoms with Crippen molar-refractivity contribution in [3.05, 3.63) is 244 Å². The van der Waals surface area contributed by atoms with Crippen molar-refractivity contribution in [2.24, 2.45) is 11.7 Å². The summed E-state index contributed by atoms with van der Waals surface area (Å²) in [6.07, 6.45) is 10.7. The minimum absolute atomic E-state index is 0. The summed E-state index contributed by atoms with van der Waals surface area (Å²) in [4.78, 5) is 67.6. The number of phenolic OH excluding ortho intramolecular Hbond substituents is 1. The molecule has 14 aromatic rings. The summed E-state index contributed by atoms with van der Waals surface area (Å²) in [5.74, 6) is 6.14. The normalized spacial score (nSPS) is 10.0. The molecule has 121 heavy (non-hydrogen) atoms. The van der Waals surface area contributed by atoms with Crippen LogP contribution >= 0.6 is 63.7 Å². The predicted molar refractivity (Wildman–Crippen MR) is 460 cm³/mol. The maximum absolute atomic E-state index is 13.1. The van der Waals surface area contributed by atoms with Crippen molar-refractivity contribution in [2.45, 2.75) is 47.7 Å². The molecule has 0 saturated heterocycles. The molecule has 16 N–H and O–H groups in total. The number of aromatic hydroxyl groups is 1. The molecule has 0 atom stereocenters. The number of hydrogen-bond acceptors (Lipinski definition) is 24. The molecule has 0 aliphatic carbocycles. The molecule has 0 unspecified atom stereocenters. The number of nitrogen functional groups attached to an aromatic ring is 1. The Morgan fingerprint density at radius 3 is 1.36 bits per heavy atom. The van der Waals surface area contributed by atoms with Gasteiger partial charge < -0.3 is 65.5 Å². The number of halogens is 8. The number of para-hydroxylation sites is 2. The Bertz CT molecular complexity index is 5680. The maximum Gasteiger partial charge on any atom is 1.00 e. The van der Waals surface area contributed by atoms with Crippen LogP contribution in [-0.2, 0) is 17.8 Å². The molecule has 0 aliphatic rings. The Balaban J connectivity index is 0.000000294. The average molecular weight is 1960 g/mol. The number of nitrogens with two attached hydrogens (primary N) is 3. The molecule has 0 aliphatic heterocycles. The Hall–Kier alpha value is -10.9. The number of aldehydes is 3. The number of carboxylic acid groups (broad SMARTS) is 1. The van der Waals surface area contributed by atoms with Crippen molar-refractivity contribution in [3.63, 3.8) is 0 Å². The number of benzene rings is 9. The van der Waals surface area contributed by atoms with E-state index < -0.39 is 40.8 Å². The maximum atomic E-state index is 13.1. The molecule has 1 amide bonds. The molecule has 9 aromatic carbocycles. The van der Waals surface area contributed by atoms with E-state index in [-0.39, 0.29) is 108 Å². The Morgan fingerprint density at radius 2 is 0.901 bits per heavy atom. The van der Waals surface area contributed by atoms with E-state index >= 15 is 0 Å². The number of aromatic amines is 5. The molecule has 40 heteroatoms. The predicted octanol–water partition coefficient (Wildman–Crippen LogP) is 13.3. The third kappa shape index (κ3) is 29.2. The van der Waals surface area contributed by atoms with Crippen LogP contribution < -0.4 is 97.8 Å². The summed E-state index contributed by atoms with van der Waals surface area (Å²) in [6.45, 7) is 13.2. The third-order valence-electron chi connectivity index (χ3n) is 16.1. The zero-order valence-corrected chi connectivity index (χ0v) is 75.8. The van der Waals surface area contributed by atoms with Gasteiger partial charge in [-0.15, -0.1) is 0 Å². The summed E-state index contributed by atoms with van der Waals surface area (Å²) >= 11 is 12.4. The van der Waals surface area contributed by atoms with E-state index in [1.807, 2.05) is 83.3 Å². The fourth-order valence-corrected chi connectivity index (χ4v) is 12.4. The molecular formula is C81H83Br4F4KN16O15. The zero-order valence-electron chi connectivity index (χ0n) is 66.4. The number of fused-ring (bicyclic) bond motifs is 5. The second kappa shape index (κ2) is 52.3. The van der Waals surface area contributed by atoms with Crippen LogP contribution in [0.25, 0.3) is 54.5 Å². The van der Waals surface area contributed by atoms with Gasteiger partial charge in [0.15, 0.2) is 18.9 Å². The second-order valence-corrected chi connectivity index (χ2v) is 27.5. The van der Waals surface area contributed by atoms with Gasteiger partial charge in [0.2, 0.25) is 0 Å². The first-order valence-corrected chi connectivity index (χ1v) is 38.6. The molecule has 5 aromatic heterocycles. The molecule has 0 bridgehead atoms. The molecule has 0 spiro atoms. The number of anilines is 1. The first-order chi connectivity index (χ1) is 57.2. The number of aromatic carboxylic acids is 1. The Kier molecular flexibility index (Phi) is 44.3. The van der Waals surface area contributed by atoms with Crippen LogP contribution in [-0.4, -0.2) is 169 Å². The van der Waals surface area contributed by atoms with Gasteiger partial charge in [0.25, 0.3) is 5.91 Å². The number of carboxylic acids is 1. The van der Waals surface area contributed by atoms with Gasteiger partial charge in [0, 0.05) is 66.4 Å². The number of methoxy groups -OCH3 is 1. The number of H-pyrrole nitrogens is 5. The first kappa shape index (κ1) is 102. The summed E-state index contributed by atoms with van der Waals surface area (Å²) in [5, 5.41) is 66.7. The van der Waals surface area contributed by atoms with Crippen LogP contribution in [0.5, 0.6) is 34.5 Å². The van der Waals surface area contributed by atoms with Gasteiger partial charge in [-0.3, -0.25) is 56.4 Å². The third-order valence-corrected chi connectivity index (χ3v) is 17.9. The van der Waals surface area contributed by atoms with E-state index in [0.29, 0.717) is 94.4 Å². The smallest absolute Gasteiger partial charge is 0.870 e. The zero-order chi connectivity index (χ0) is 87.4. The number of carbonyl (C=O) groups excluding carboxylic acids is 5. The molecule has 634 valence electrons. The fraction of sp³-hybridized carbons (Fsp3) is 0.185. The number of esters is 1. The van der Waals surface area contributed by atoms with E-state index in [1.54, 1.807) is 80.2 Å². The van der Waals surface area contributed by atoms with Crippen LogP contribution in [0.15, 0.2) is 170 Å². The second-order valence-electron chi connectivity index (χ2n) is 23.9. The number of nitrogens with one attached hydrogen (secondary N) is 7. The van der Waals surface area contributed by atoms with E-state index in [1.165, 1.54) is 37.6 Å². The molecule has 14 rings (SSSR count). The van der Waals surface area contributed by atoms with E-state index in [9.17, 15) is 46.3 Å². The number of amides is 1. The molecule has 0 radical (unpaired) electrons. The number of ether oxygens (including phenoxy) is 6. The van der Waals surface area contributed by atoms with E-state index in [4.69, 9.17) is 45.0 Å². The number of nitrogens with zero attached hydrogens (tertiary/aromatic N) is 6. The van der Waals surface area contributed by atoms with E-state index in [2.05, 4.69) is 136 Å². The summed E-state index contributed by atoms with van der Waals surface area (Å²) < 4.78 is 84.9. The van der Waals surface area contributed by atoms with Crippen molar-refractivity contribution in [1.82, 2.24) is 61.2 Å². The largest absolute Gasteiger partial charge is 1.00 e. The molecule has 5 heterocycles. The number of hydrogen-bond donors (Lipinski definition) is 12. The van der Waals surface area contributed by atoms with Crippen molar-refractivity contribution < 1.29 is 142 Å². The monoisotopic (exact) mass is 1950 g/mol. The molecule has 31 nitrogen and oxygen atoms in total. The van der Waals surface area contributed by atoms with Crippen LogP contribution in [0.2, 0.25) is 0 Å². The van der Waals surface area contributed by atoms with Crippen LogP contribution in [0, 0.1) is 28.7 Å². The van der Waals surface area contributed by atoms with Gasteiger partial charge >= 0.3 is 63.3 Å². The molecule has 0 saturated carbocycles. The van der Waals surface area contributed by atoms with Gasteiger partial charge in [-0.2, -0.15) is 25.5 Å².